The molecule has 2 N–H and O–H groups in total. The van der Waals surface area contributed by atoms with Crippen LogP contribution >= 0.6 is 0 Å². The van der Waals surface area contributed by atoms with Gasteiger partial charge < -0.3 is 20.3 Å². The molecule has 35 heavy (non-hydrogen) atoms. The van der Waals surface area contributed by atoms with Crippen LogP contribution in [0.2, 0.25) is 0 Å². The highest BCUT2D eigenvalue weighted by atomic mass is 19.4. The van der Waals surface area contributed by atoms with Crippen molar-refractivity contribution in [3.63, 3.8) is 0 Å². The van der Waals surface area contributed by atoms with E-state index in [2.05, 4.69) is 10.6 Å². The molecule has 0 spiro atoms. The number of methoxy groups -OCH3 is 1. The van der Waals surface area contributed by atoms with Gasteiger partial charge in [-0.15, -0.1) is 0 Å². The number of carbonyl (C=O) groups excluding carboxylic acids is 2. The van der Waals surface area contributed by atoms with Gasteiger partial charge in [0.2, 0.25) is 11.8 Å². The lowest BCUT2D eigenvalue weighted by Gasteiger charge is -2.24. The van der Waals surface area contributed by atoms with Crippen LogP contribution in [0.1, 0.15) is 42.4 Å². The molecule has 0 radical (unpaired) electrons. The van der Waals surface area contributed by atoms with Crippen LogP contribution in [0.25, 0.3) is 0 Å². The summed E-state index contributed by atoms with van der Waals surface area (Å²) in [5, 5.41) is 6.29. The van der Waals surface area contributed by atoms with Crippen LogP contribution in [0.4, 0.5) is 13.2 Å². The van der Waals surface area contributed by atoms with Gasteiger partial charge in [-0.2, -0.15) is 13.2 Å². The monoisotopic (exact) mass is 491 g/mol. The van der Waals surface area contributed by atoms with Crippen molar-refractivity contribution >= 4 is 11.8 Å². The Morgan fingerprint density at radius 2 is 1.66 bits per heavy atom. The molecule has 0 aliphatic carbocycles. The minimum atomic E-state index is -4.36. The zero-order valence-corrected chi connectivity index (χ0v) is 20.0. The highest BCUT2D eigenvalue weighted by molar-refractivity contribution is 5.85. The largest absolute Gasteiger partial charge is 0.497 e. The molecule has 0 saturated carbocycles. The average Bonchev–Trinajstić information content (AvgIpc) is 2.91. The van der Waals surface area contributed by atoms with Crippen molar-refractivity contribution in [3.05, 3.63) is 65.2 Å². The molecule has 1 aliphatic rings. The molecule has 1 fully saturated rings. The Kier molecular flexibility index (Phi) is 9.14. The van der Waals surface area contributed by atoms with Gasteiger partial charge in [-0.25, -0.2) is 0 Å². The number of nitrogens with zero attached hydrogens (tertiary/aromatic N) is 1. The van der Waals surface area contributed by atoms with Crippen LogP contribution in [-0.4, -0.2) is 43.5 Å². The van der Waals surface area contributed by atoms with Crippen molar-refractivity contribution in [2.24, 2.45) is 5.92 Å². The summed E-state index contributed by atoms with van der Waals surface area (Å²) >= 11 is 0. The molecule has 190 valence electrons. The number of hydrogen-bond acceptors (Lipinski definition) is 4. The van der Waals surface area contributed by atoms with E-state index < -0.39 is 17.7 Å². The van der Waals surface area contributed by atoms with Gasteiger partial charge in [0, 0.05) is 45.1 Å². The lowest BCUT2D eigenvalue weighted by molar-refractivity contribution is -0.137. The van der Waals surface area contributed by atoms with E-state index in [-0.39, 0.29) is 24.3 Å². The minimum Gasteiger partial charge on any atom is -0.497 e. The van der Waals surface area contributed by atoms with Crippen molar-refractivity contribution in [1.82, 2.24) is 15.5 Å². The molecule has 2 aromatic carbocycles. The third kappa shape index (κ3) is 7.99. The number of hydrogen-bond donors (Lipinski definition) is 2. The van der Waals surface area contributed by atoms with Crippen molar-refractivity contribution in [2.75, 3.05) is 20.7 Å². The molecule has 2 amide bonds. The predicted octanol–water partition coefficient (Wildman–Crippen LogP) is 4.14. The Morgan fingerprint density at radius 1 is 1.03 bits per heavy atom. The first-order valence-corrected chi connectivity index (χ1v) is 11.7. The molecule has 0 bridgehead atoms. The van der Waals surface area contributed by atoms with E-state index in [1.807, 2.05) is 24.3 Å². The first-order chi connectivity index (χ1) is 16.7. The number of benzene rings is 2. The SMILES string of the molecule is COc1ccc(CNC(=O)C2CCCC(NCc3ccc(C(F)(F)F)cc3)CN(C)C(=O)C2)cc1. The highest BCUT2D eigenvalue weighted by Gasteiger charge is 2.30. The van der Waals surface area contributed by atoms with E-state index in [0.717, 1.165) is 41.9 Å². The van der Waals surface area contributed by atoms with E-state index in [9.17, 15) is 22.8 Å². The minimum absolute atomic E-state index is 0.0210. The zero-order chi connectivity index (χ0) is 25.4. The van der Waals surface area contributed by atoms with E-state index >= 15 is 0 Å². The molecule has 0 aromatic heterocycles. The van der Waals surface area contributed by atoms with Gasteiger partial charge in [0.15, 0.2) is 0 Å². The predicted molar refractivity (Wildman–Crippen MR) is 127 cm³/mol. The van der Waals surface area contributed by atoms with Crippen LogP contribution in [-0.2, 0) is 28.9 Å². The number of ether oxygens (including phenoxy) is 1. The van der Waals surface area contributed by atoms with Crippen LogP contribution < -0.4 is 15.4 Å². The maximum atomic E-state index is 12.8. The lowest BCUT2D eigenvalue weighted by atomic mass is 9.96. The molecular weight excluding hydrogens is 459 g/mol. The second kappa shape index (κ2) is 12.1. The molecular formula is C26H32F3N3O3. The van der Waals surface area contributed by atoms with Crippen LogP contribution in [0, 0.1) is 5.92 Å². The Labute approximate surface area is 203 Å². The van der Waals surface area contributed by atoms with Gasteiger partial charge in [0.25, 0.3) is 0 Å². The molecule has 1 aliphatic heterocycles. The molecule has 1 heterocycles. The summed E-state index contributed by atoms with van der Waals surface area (Å²) in [6.45, 7) is 1.25. The number of rotatable bonds is 7. The second-order valence-electron chi connectivity index (χ2n) is 8.94. The smallest absolute Gasteiger partial charge is 0.416 e. The summed E-state index contributed by atoms with van der Waals surface area (Å²) in [5.74, 6) is 0.0971. The van der Waals surface area contributed by atoms with Gasteiger partial charge in [0.1, 0.15) is 5.75 Å². The van der Waals surface area contributed by atoms with Gasteiger partial charge in [-0.3, -0.25) is 9.59 Å². The van der Waals surface area contributed by atoms with Gasteiger partial charge in [-0.05, 0) is 48.2 Å². The number of halogens is 3. The maximum absolute atomic E-state index is 12.8. The van der Waals surface area contributed by atoms with E-state index in [0.29, 0.717) is 26.1 Å². The van der Waals surface area contributed by atoms with E-state index in [1.54, 1.807) is 19.1 Å². The molecule has 2 atom stereocenters. The van der Waals surface area contributed by atoms with Gasteiger partial charge >= 0.3 is 6.18 Å². The van der Waals surface area contributed by atoms with Crippen LogP contribution in [0.15, 0.2) is 48.5 Å². The molecule has 3 rings (SSSR count). The van der Waals surface area contributed by atoms with Crippen molar-refractivity contribution in [2.45, 2.75) is 51.0 Å². The Balaban J connectivity index is 1.53. The number of amides is 2. The van der Waals surface area contributed by atoms with Gasteiger partial charge in [0.05, 0.1) is 12.7 Å². The Hall–Kier alpha value is -3.07. The van der Waals surface area contributed by atoms with Crippen molar-refractivity contribution in [1.29, 1.82) is 0 Å². The third-order valence-corrected chi connectivity index (χ3v) is 6.32. The summed E-state index contributed by atoms with van der Waals surface area (Å²) < 4.78 is 43.4. The lowest BCUT2D eigenvalue weighted by Crippen LogP contribution is -2.41. The number of nitrogens with one attached hydrogen (secondary N) is 2. The maximum Gasteiger partial charge on any atom is 0.416 e. The van der Waals surface area contributed by atoms with Crippen molar-refractivity contribution in [3.8, 4) is 5.75 Å². The summed E-state index contributed by atoms with van der Waals surface area (Å²) in [6.07, 6.45) is -2.11. The summed E-state index contributed by atoms with van der Waals surface area (Å²) in [7, 11) is 3.31. The fourth-order valence-electron chi connectivity index (χ4n) is 4.14. The average molecular weight is 492 g/mol. The molecule has 2 aromatic rings. The zero-order valence-electron chi connectivity index (χ0n) is 20.0. The first kappa shape index (κ1) is 26.5. The molecule has 1 saturated heterocycles. The number of alkyl halides is 3. The molecule has 2 unspecified atom stereocenters. The van der Waals surface area contributed by atoms with E-state index in [1.165, 1.54) is 12.1 Å². The van der Waals surface area contributed by atoms with Crippen LogP contribution in [0.5, 0.6) is 5.75 Å². The normalized spacial score (nSPS) is 19.5. The highest BCUT2D eigenvalue weighted by Crippen LogP contribution is 2.29. The Bertz CT molecular complexity index is 978. The molecule has 9 heteroatoms. The third-order valence-electron chi connectivity index (χ3n) is 6.32. The van der Waals surface area contributed by atoms with Crippen molar-refractivity contribution < 1.29 is 27.5 Å². The summed E-state index contributed by atoms with van der Waals surface area (Å²) in [5.41, 5.74) is 1.01. The number of carbonyl (C=O) groups is 2. The Morgan fingerprint density at radius 3 is 2.29 bits per heavy atom. The second-order valence-corrected chi connectivity index (χ2v) is 8.94. The fourth-order valence-corrected chi connectivity index (χ4v) is 4.14. The summed E-state index contributed by atoms with van der Waals surface area (Å²) in [6, 6.07) is 12.5. The van der Waals surface area contributed by atoms with Gasteiger partial charge in [-0.1, -0.05) is 30.7 Å². The van der Waals surface area contributed by atoms with E-state index in [4.69, 9.17) is 4.74 Å². The molecule has 6 nitrogen and oxygen atoms in total. The standard InChI is InChI=1S/C26H32F3N3O3/c1-32-17-22(30-15-18-6-10-21(11-7-18)26(27,28)29)5-3-4-20(14-24(32)33)25(34)31-16-19-8-12-23(35-2)13-9-19/h6-13,20,22,30H,3-5,14-17H2,1-2H3,(H,31,34). The summed E-state index contributed by atoms with van der Waals surface area (Å²) in [4.78, 5) is 27.2. The quantitative estimate of drug-likeness (QED) is 0.611. The fraction of sp³-hybridized carbons (Fsp3) is 0.462. The number of likely N-dealkylation sites (N-methyl/N-ethyl adjacent to an activating group) is 1. The topological polar surface area (TPSA) is 70.7 Å². The first-order valence-electron chi connectivity index (χ1n) is 11.7. The van der Waals surface area contributed by atoms with Crippen LogP contribution in [0.3, 0.4) is 0 Å².